The Bertz CT molecular complexity index is 1690. The average Bonchev–Trinajstić information content (AvgIpc) is 3.41. The Morgan fingerprint density at radius 3 is 2.36 bits per heavy atom. The van der Waals surface area contributed by atoms with Crippen LogP contribution in [-0.2, 0) is 16.6 Å². The topological polar surface area (TPSA) is 92.7 Å². The van der Waals surface area contributed by atoms with E-state index >= 15 is 0 Å². The van der Waals surface area contributed by atoms with Crippen LogP contribution >= 0.6 is 11.3 Å². The number of thiazole rings is 1. The van der Waals surface area contributed by atoms with Crippen LogP contribution in [0.4, 0.5) is 10.8 Å². The first kappa shape index (κ1) is 26.3. The molecule has 10 heteroatoms. The lowest BCUT2D eigenvalue weighted by Gasteiger charge is -2.21. The van der Waals surface area contributed by atoms with Gasteiger partial charge in [0.25, 0.3) is 15.9 Å². The average molecular weight is 559 g/mol. The van der Waals surface area contributed by atoms with Crippen LogP contribution in [0.5, 0.6) is 5.75 Å². The molecule has 8 nitrogen and oxygen atoms in total. The van der Waals surface area contributed by atoms with Gasteiger partial charge in [-0.1, -0.05) is 41.7 Å². The van der Waals surface area contributed by atoms with Crippen LogP contribution in [0.3, 0.4) is 0 Å². The first-order valence-corrected chi connectivity index (χ1v) is 14.5. The fourth-order valence-corrected chi connectivity index (χ4v) is 6.22. The molecule has 0 saturated heterocycles. The van der Waals surface area contributed by atoms with Crippen molar-refractivity contribution in [3.8, 4) is 5.75 Å². The van der Waals surface area contributed by atoms with Crippen LogP contribution < -0.4 is 13.9 Å². The van der Waals surface area contributed by atoms with E-state index in [1.165, 1.54) is 47.0 Å². The van der Waals surface area contributed by atoms with Crippen LogP contribution in [0.15, 0.2) is 102 Å². The number of carbonyl (C=O) groups excluding carboxylic acids is 1. The van der Waals surface area contributed by atoms with E-state index in [9.17, 15) is 13.2 Å². The molecule has 0 spiro atoms. The number of sulfonamides is 1. The molecule has 39 heavy (non-hydrogen) atoms. The van der Waals surface area contributed by atoms with Gasteiger partial charge in [-0.3, -0.25) is 19.0 Å². The van der Waals surface area contributed by atoms with Gasteiger partial charge in [0.15, 0.2) is 5.13 Å². The number of hydrogen-bond acceptors (Lipinski definition) is 7. The first-order valence-electron chi connectivity index (χ1n) is 12.3. The van der Waals surface area contributed by atoms with E-state index in [-0.39, 0.29) is 17.3 Å². The van der Waals surface area contributed by atoms with Crippen molar-refractivity contribution in [3.05, 3.63) is 108 Å². The molecule has 0 bridgehead atoms. The van der Waals surface area contributed by atoms with Crippen LogP contribution in [0.25, 0.3) is 10.2 Å². The summed E-state index contributed by atoms with van der Waals surface area (Å²) in [4.78, 5) is 24.6. The molecule has 0 atom stereocenters. The van der Waals surface area contributed by atoms with Gasteiger partial charge < -0.3 is 4.74 Å². The largest absolute Gasteiger partial charge is 0.492 e. The molecular weight excluding hydrogens is 532 g/mol. The van der Waals surface area contributed by atoms with Gasteiger partial charge in [0, 0.05) is 18.8 Å². The summed E-state index contributed by atoms with van der Waals surface area (Å²) in [5.41, 5.74) is 2.25. The number of fused-ring (bicyclic) bond motifs is 1. The van der Waals surface area contributed by atoms with Crippen LogP contribution in [0.2, 0.25) is 0 Å². The van der Waals surface area contributed by atoms with Crippen molar-refractivity contribution in [3.63, 3.8) is 0 Å². The van der Waals surface area contributed by atoms with Crippen LogP contribution in [0.1, 0.15) is 23.0 Å². The van der Waals surface area contributed by atoms with E-state index in [1.54, 1.807) is 35.4 Å². The van der Waals surface area contributed by atoms with Crippen molar-refractivity contribution in [2.24, 2.45) is 0 Å². The molecular formula is C29H26N4O4S2. The molecule has 2 aromatic heterocycles. The molecule has 3 aromatic carbocycles. The Kier molecular flexibility index (Phi) is 7.58. The maximum absolute atomic E-state index is 13.8. The van der Waals surface area contributed by atoms with Crippen molar-refractivity contribution >= 4 is 48.3 Å². The standard InChI is InChI=1S/C29H26N4O4S2/c1-3-37-25-13-9-14-26-27(25)31-29(38-26)33(20-22-10-7-8-19-30-22)28(34)21-15-17-24(18-16-21)39(35,36)32(2)23-11-5-4-6-12-23/h4-19H,3,20H2,1-2H3. The Morgan fingerprint density at radius 1 is 0.923 bits per heavy atom. The molecule has 0 N–H and O–H groups in total. The lowest BCUT2D eigenvalue weighted by atomic mass is 10.2. The van der Waals surface area contributed by atoms with E-state index < -0.39 is 10.0 Å². The third-order valence-electron chi connectivity index (χ3n) is 6.07. The van der Waals surface area contributed by atoms with Gasteiger partial charge in [0.2, 0.25) is 0 Å². The number of pyridine rings is 1. The number of benzene rings is 3. The quantitative estimate of drug-likeness (QED) is 0.228. The molecule has 1 amide bonds. The van der Waals surface area contributed by atoms with E-state index in [1.807, 2.05) is 49.4 Å². The summed E-state index contributed by atoms with van der Waals surface area (Å²) >= 11 is 1.38. The molecule has 0 saturated carbocycles. The number of carbonyl (C=O) groups is 1. The third-order valence-corrected chi connectivity index (χ3v) is 8.92. The van der Waals surface area contributed by atoms with Gasteiger partial charge in [-0.15, -0.1) is 0 Å². The first-order chi connectivity index (χ1) is 18.9. The second-order valence-electron chi connectivity index (χ2n) is 8.58. The Labute approximate surface area is 231 Å². The normalized spacial score (nSPS) is 11.3. The summed E-state index contributed by atoms with van der Waals surface area (Å²) in [6.07, 6.45) is 1.67. The maximum Gasteiger partial charge on any atom is 0.264 e. The van der Waals surface area contributed by atoms with E-state index in [0.717, 1.165) is 4.70 Å². The maximum atomic E-state index is 13.8. The molecule has 0 aliphatic rings. The zero-order valence-electron chi connectivity index (χ0n) is 21.4. The number of rotatable bonds is 9. The van der Waals surface area contributed by atoms with Crippen molar-refractivity contribution < 1.29 is 17.9 Å². The number of amides is 1. The summed E-state index contributed by atoms with van der Waals surface area (Å²) in [5, 5.41) is 0.494. The predicted molar refractivity (Wildman–Crippen MR) is 154 cm³/mol. The second kappa shape index (κ2) is 11.2. The highest BCUT2D eigenvalue weighted by atomic mass is 32.2. The zero-order chi connectivity index (χ0) is 27.4. The lowest BCUT2D eigenvalue weighted by molar-refractivity contribution is 0.0984. The molecule has 5 aromatic rings. The van der Waals surface area contributed by atoms with Crippen molar-refractivity contribution in [2.75, 3.05) is 22.9 Å². The predicted octanol–water partition coefficient (Wildman–Crippen LogP) is 5.76. The molecule has 198 valence electrons. The number of para-hydroxylation sites is 2. The van der Waals surface area contributed by atoms with Gasteiger partial charge in [-0.2, -0.15) is 0 Å². The molecule has 0 fully saturated rings. The lowest BCUT2D eigenvalue weighted by Crippen LogP contribution is -2.31. The summed E-state index contributed by atoms with van der Waals surface area (Å²) in [5.74, 6) is 0.331. The summed E-state index contributed by atoms with van der Waals surface area (Å²) in [6.45, 7) is 2.60. The molecule has 0 radical (unpaired) electrons. The van der Waals surface area contributed by atoms with Crippen molar-refractivity contribution in [2.45, 2.75) is 18.4 Å². The van der Waals surface area contributed by atoms with Crippen molar-refractivity contribution in [1.29, 1.82) is 0 Å². The highest BCUT2D eigenvalue weighted by Gasteiger charge is 2.25. The van der Waals surface area contributed by atoms with E-state index in [4.69, 9.17) is 9.72 Å². The van der Waals surface area contributed by atoms with E-state index in [2.05, 4.69) is 4.98 Å². The third kappa shape index (κ3) is 5.47. The summed E-state index contributed by atoms with van der Waals surface area (Å²) < 4.78 is 34.2. The number of nitrogens with zero attached hydrogens (tertiary/aromatic N) is 4. The van der Waals surface area contributed by atoms with Gasteiger partial charge >= 0.3 is 0 Å². The van der Waals surface area contributed by atoms with Crippen LogP contribution in [-0.4, -0.2) is 37.9 Å². The SMILES string of the molecule is CCOc1cccc2sc(N(Cc3ccccn3)C(=O)c3ccc(S(=O)(=O)N(C)c4ccccc4)cc3)nc12. The van der Waals surface area contributed by atoms with Crippen LogP contribution in [0, 0.1) is 0 Å². The number of anilines is 2. The number of ether oxygens (including phenoxy) is 1. The Hall–Kier alpha value is -4.28. The minimum atomic E-state index is -3.81. The Balaban J connectivity index is 1.49. The van der Waals surface area contributed by atoms with Gasteiger partial charge in [0.1, 0.15) is 11.3 Å². The van der Waals surface area contributed by atoms with Gasteiger partial charge in [-0.25, -0.2) is 13.4 Å². The Morgan fingerprint density at radius 2 is 1.67 bits per heavy atom. The summed E-state index contributed by atoms with van der Waals surface area (Å²) in [7, 11) is -2.31. The minimum absolute atomic E-state index is 0.0861. The minimum Gasteiger partial charge on any atom is -0.492 e. The molecule has 5 rings (SSSR count). The second-order valence-corrected chi connectivity index (χ2v) is 11.6. The van der Waals surface area contributed by atoms with E-state index in [0.29, 0.717) is 39.9 Å². The van der Waals surface area contributed by atoms with Gasteiger partial charge in [-0.05, 0) is 67.6 Å². The van der Waals surface area contributed by atoms with Gasteiger partial charge in [0.05, 0.1) is 34.1 Å². The summed E-state index contributed by atoms with van der Waals surface area (Å²) in [6, 6.07) is 26.0. The molecule has 2 heterocycles. The highest BCUT2D eigenvalue weighted by Crippen LogP contribution is 2.35. The molecule has 0 aliphatic carbocycles. The number of aromatic nitrogens is 2. The zero-order valence-corrected chi connectivity index (χ0v) is 23.0. The van der Waals surface area contributed by atoms with Crippen molar-refractivity contribution in [1.82, 2.24) is 9.97 Å². The fraction of sp³-hybridized carbons (Fsp3) is 0.138. The molecule has 0 aliphatic heterocycles. The number of hydrogen-bond donors (Lipinski definition) is 0. The fourth-order valence-electron chi connectivity index (χ4n) is 4.04. The monoisotopic (exact) mass is 558 g/mol. The molecule has 0 unspecified atom stereocenters. The highest BCUT2D eigenvalue weighted by molar-refractivity contribution is 7.92. The smallest absolute Gasteiger partial charge is 0.264 e.